The second-order valence-electron chi connectivity index (χ2n) is 12.3. The van der Waals surface area contributed by atoms with Gasteiger partial charge in [-0.25, -0.2) is 4.79 Å². The molecule has 0 aromatic heterocycles. The first-order valence-electron chi connectivity index (χ1n) is 16.5. The maximum Gasteiger partial charge on any atom is 0.327 e. The van der Waals surface area contributed by atoms with E-state index in [0.29, 0.717) is 0 Å². The molecule has 0 rings (SSSR count). The summed E-state index contributed by atoms with van der Waals surface area (Å²) in [6.45, 7) is 3.80. The highest BCUT2D eigenvalue weighted by atomic mass is 32.1. The number of nitrogens with one attached hydrogen (secondary N) is 7. The summed E-state index contributed by atoms with van der Waals surface area (Å²) < 4.78 is 0. The molecule has 0 aromatic carbocycles. The zero-order valence-corrected chi connectivity index (χ0v) is 30.9. The van der Waals surface area contributed by atoms with Crippen LogP contribution in [0.4, 0.5) is 0 Å². The van der Waals surface area contributed by atoms with Gasteiger partial charge in [-0.1, -0.05) is 13.8 Å². The molecule has 0 saturated carbocycles. The van der Waals surface area contributed by atoms with Gasteiger partial charge in [0.25, 0.3) is 0 Å². The van der Waals surface area contributed by atoms with Gasteiger partial charge < -0.3 is 68.5 Å². The molecule has 0 aromatic rings. The van der Waals surface area contributed by atoms with Crippen LogP contribution in [0.2, 0.25) is 0 Å². The zero-order chi connectivity index (χ0) is 41.9. The molecule has 0 aliphatic rings. The molecule has 7 amide bonds. The molecular weight excluding hydrogens is 744 g/mol. The Hall–Kier alpha value is -5.07. The highest BCUT2D eigenvalue weighted by Crippen LogP contribution is 2.08. The minimum absolute atomic E-state index is 0.343. The maximum atomic E-state index is 13.4. The molecular formula is C30H50N8O15S. The fourth-order valence-corrected chi connectivity index (χ4v) is 4.61. The predicted molar refractivity (Wildman–Crippen MR) is 187 cm³/mol. The van der Waals surface area contributed by atoms with Gasteiger partial charge in [-0.3, -0.25) is 43.2 Å². The van der Waals surface area contributed by atoms with Gasteiger partial charge >= 0.3 is 17.9 Å². The number of hydrogen-bond donors (Lipinski definition) is 14. The van der Waals surface area contributed by atoms with Crippen molar-refractivity contribution in [3.05, 3.63) is 0 Å². The van der Waals surface area contributed by atoms with Crippen LogP contribution in [0.5, 0.6) is 0 Å². The lowest BCUT2D eigenvalue weighted by atomic mass is 10.0. The first-order valence-corrected chi connectivity index (χ1v) is 17.1. The monoisotopic (exact) mass is 794 g/mol. The number of hydrogen-bond acceptors (Lipinski definition) is 14. The van der Waals surface area contributed by atoms with E-state index in [0.717, 1.165) is 6.92 Å². The minimum atomic E-state index is -1.81. The molecule has 8 unspecified atom stereocenters. The van der Waals surface area contributed by atoms with E-state index in [9.17, 15) is 63.3 Å². The maximum absolute atomic E-state index is 13.4. The van der Waals surface area contributed by atoms with Crippen LogP contribution in [-0.2, 0) is 47.9 Å². The molecule has 14 N–H and O–H groups in total. The Bertz CT molecular complexity index is 1380. The summed E-state index contributed by atoms with van der Waals surface area (Å²) in [5.74, 6) is -12.5. The Labute approximate surface area is 314 Å². The van der Waals surface area contributed by atoms with Crippen LogP contribution in [-0.4, -0.2) is 152 Å². The van der Waals surface area contributed by atoms with E-state index in [1.807, 2.05) is 5.32 Å². The lowest BCUT2D eigenvalue weighted by Gasteiger charge is -2.29. The third kappa shape index (κ3) is 17.6. The summed E-state index contributed by atoms with van der Waals surface area (Å²) in [5, 5.41) is 63.0. The number of aliphatic carboxylic acids is 3. The van der Waals surface area contributed by atoms with Gasteiger partial charge in [0.05, 0.1) is 19.3 Å². The number of carboxylic acids is 3. The zero-order valence-electron chi connectivity index (χ0n) is 30.0. The van der Waals surface area contributed by atoms with E-state index in [4.69, 9.17) is 15.9 Å². The van der Waals surface area contributed by atoms with Crippen molar-refractivity contribution in [3.63, 3.8) is 0 Å². The van der Waals surface area contributed by atoms with Gasteiger partial charge in [0, 0.05) is 18.6 Å². The van der Waals surface area contributed by atoms with E-state index in [2.05, 4.69) is 44.5 Å². The molecule has 0 radical (unpaired) electrons. The molecule has 23 nitrogen and oxygen atoms in total. The highest BCUT2D eigenvalue weighted by molar-refractivity contribution is 7.80. The second-order valence-corrected chi connectivity index (χ2v) is 12.6. The van der Waals surface area contributed by atoms with Crippen LogP contribution in [0.3, 0.4) is 0 Å². The first-order chi connectivity index (χ1) is 25.1. The standard InChI is InChI=1S/C30H50N8O15S/c1-12(2)22(28(50)34-15(5-7-20(42)43)25(47)35-17(10-39)27(49)36-18(11-54)30(52)53)37-29(51)23(14(4)40)38-26(48)16(6-8-21(44)45)33-24(46)13(3)32-19(41)9-31/h12-18,22-23,39-40,54H,5-11,31H2,1-4H3,(H,32,41)(H,33,46)(H,34,50)(H,35,47)(H,36,49)(H,37,51)(H,38,48)(H,42,43)(H,44,45)(H,52,53). The third-order valence-corrected chi connectivity index (χ3v) is 7.80. The van der Waals surface area contributed by atoms with Crippen molar-refractivity contribution in [1.82, 2.24) is 37.2 Å². The fourth-order valence-electron chi connectivity index (χ4n) is 4.36. The van der Waals surface area contributed by atoms with Crippen LogP contribution >= 0.6 is 12.6 Å². The van der Waals surface area contributed by atoms with E-state index < -0.39 is 152 Å². The second kappa shape index (κ2) is 24.3. The summed E-state index contributed by atoms with van der Waals surface area (Å²) in [5.41, 5.74) is 5.21. The van der Waals surface area contributed by atoms with Gasteiger partial charge in [-0.15, -0.1) is 0 Å². The number of carbonyl (C=O) groups is 10. The smallest absolute Gasteiger partial charge is 0.327 e. The summed E-state index contributed by atoms with van der Waals surface area (Å²) in [4.78, 5) is 124. The van der Waals surface area contributed by atoms with Crippen LogP contribution < -0.4 is 43.0 Å². The van der Waals surface area contributed by atoms with Crippen molar-refractivity contribution in [1.29, 1.82) is 0 Å². The highest BCUT2D eigenvalue weighted by Gasteiger charge is 2.36. The van der Waals surface area contributed by atoms with Gasteiger partial charge in [0.2, 0.25) is 41.4 Å². The number of carbonyl (C=O) groups excluding carboxylic acids is 7. The number of thiol groups is 1. The van der Waals surface area contributed by atoms with Crippen LogP contribution in [0.1, 0.15) is 53.4 Å². The normalized spacial score (nSPS) is 15.4. The largest absolute Gasteiger partial charge is 0.481 e. The Balaban J connectivity index is 6.13. The Morgan fingerprint density at radius 3 is 1.39 bits per heavy atom. The van der Waals surface area contributed by atoms with Gasteiger partial charge in [0.1, 0.15) is 42.3 Å². The lowest BCUT2D eigenvalue weighted by Crippen LogP contribution is -2.62. The van der Waals surface area contributed by atoms with E-state index in [1.165, 1.54) is 20.8 Å². The molecule has 306 valence electrons. The van der Waals surface area contributed by atoms with Gasteiger partial charge in [-0.05, 0) is 32.6 Å². The molecule has 54 heavy (non-hydrogen) atoms. The topological polar surface area (TPSA) is 382 Å². The van der Waals surface area contributed by atoms with E-state index >= 15 is 0 Å². The molecule has 0 spiro atoms. The number of carboxylic acid groups (broad SMARTS) is 3. The van der Waals surface area contributed by atoms with Gasteiger partial charge in [0.15, 0.2) is 0 Å². The van der Waals surface area contributed by atoms with Crippen molar-refractivity contribution >= 4 is 71.9 Å². The van der Waals surface area contributed by atoms with Gasteiger partial charge in [-0.2, -0.15) is 12.6 Å². The fraction of sp³-hybridized carbons (Fsp3) is 0.667. The Morgan fingerprint density at radius 1 is 0.574 bits per heavy atom. The molecule has 0 fully saturated rings. The average molecular weight is 795 g/mol. The average Bonchev–Trinajstić information content (AvgIpc) is 3.09. The molecule has 0 aliphatic heterocycles. The number of amides is 7. The summed E-state index contributed by atoms with van der Waals surface area (Å²) in [7, 11) is 0. The van der Waals surface area contributed by atoms with E-state index in [1.54, 1.807) is 0 Å². The Morgan fingerprint density at radius 2 is 0.981 bits per heavy atom. The SMILES string of the molecule is CC(NC(=O)CN)C(=O)NC(CCC(=O)O)C(=O)NC(C(=O)NC(C(=O)NC(CCC(=O)O)C(=O)NC(CO)C(=O)NC(CS)C(=O)O)C(C)C)C(C)O. The number of aliphatic hydroxyl groups excluding tert-OH is 2. The van der Waals surface area contributed by atoms with Crippen molar-refractivity contribution < 1.29 is 73.5 Å². The summed E-state index contributed by atoms with van der Waals surface area (Å²) >= 11 is 3.81. The number of rotatable bonds is 25. The lowest BCUT2D eigenvalue weighted by molar-refractivity contribution is -0.142. The van der Waals surface area contributed by atoms with Crippen LogP contribution in [0.25, 0.3) is 0 Å². The molecule has 0 bridgehead atoms. The first kappa shape index (κ1) is 48.9. The third-order valence-electron chi connectivity index (χ3n) is 7.44. The molecule has 8 atom stereocenters. The van der Waals surface area contributed by atoms with Crippen molar-refractivity contribution in [2.45, 2.75) is 102 Å². The summed E-state index contributed by atoms with van der Waals surface area (Å²) in [6, 6.07) is -11.0. The number of aliphatic hydroxyl groups is 2. The number of nitrogens with two attached hydrogens (primary N) is 1. The Kier molecular flexibility index (Phi) is 22.0. The van der Waals surface area contributed by atoms with Crippen molar-refractivity contribution in [2.75, 3.05) is 18.9 Å². The van der Waals surface area contributed by atoms with Crippen LogP contribution in [0.15, 0.2) is 0 Å². The van der Waals surface area contributed by atoms with Crippen molar-refractivity contribution in [2.24, 2.45) is 11.7 Å². The van der Waals surface area contributed by atoms with Crippen LogP contribution in [0, 0.1) is 5.92 Å². The molecule has 0 saturated heterocycles. The summed E-state index contributed by atoms with van der Waals surface area (Å²) in [6.07, 6.45) is -3.99. The van der Waals surface area contributed by atoms with E-state index in [-0.39, 0.29) is 5.75 Å². The van der Waals surface area contributed by atoms with Crippen molar-refractivity contribution in [3.8, 4) is 0 Å². The quantitative estimate of drug-likeness (QED) is 0.0383. The molecule has 0 aliphatic carbocycles. The molecule has 0 heterocycles. The minimum Gasteiger partial charge on any atom is -0.481 e. The molecule has 24 heteroatoms. The predicted octanol–water partition coefficient (Wildman–Crippen LogP) is -5.87.